The Morgan fingerprint density at radius 3 is 2.04 bits per heavy atom. The summed E-state index contributed by atoms with van der Waals surface area (Å²) >= 11 is 0. The maximum absolute atomic E-state index is 10.6. The summed E-state index contributed by atoms with van der Waals surface area (Å²) < 4.78 is 0. The molecule has 0 unspecified atom stereocenters. The quantitative estimate of drug-likeness (QED) is 0.625. The van der Waals surface area contributed by atoms with Crippen molar-refractivity contribution in [1.82, 2.24) is 0 Å². The molecular weight excluding hydrogens is 294 g/mol. The molecule has 0 aliphatic heterocycles. The Labute approximate surface area is 131 Å². The van der Waals surface area contributed by atoms with Gasteiger partial charge >= 0.3 is 0 Å². The van der Waals surface area contributed by atoms with Crippen molar-refractivity contribution in [2.24, 2.45) is 15.0 Å². The van der Waals surface area contributed by atoms with E-state index in [1.807, 2.05) is 18.2 Å². The third-order valence-corrected chi connectivity index (χ3v) is 3.24. The molecule has 0 bridgehead atoms. The molecule has 0 atom stereocenters. The maximum Gasteiger partial charge on any atom is 0.240 e. The largest absolute Gasteiger partial charge is 0.240 e. The Balaban J connectivity index is 2.41. The van der Waals surface area contributed by atoms with E-state index in [0.29, 0.717) is 23.5 Å². The van der Waals surface area contributed by atoms with Crippen LogP contribution in [0.2, 0.25) is 0 Å². The minimum atomic E-state index is 0.398. The first-order valence-electron chi connectivity index (χ1n) is 6.64. The average Bonchev–Trinajstić information content (AvgIpc) is 2.54. The number of isocyanates is 3. The van der Waals surface area contributed by atoms with Gasteiger partial charge in [0.05, 0.1) is 17.1 Å². The zero-order chi connectivity index (χ0) is 16.7. The van der Waals surface area contributed by atoms with Crippen LogP contribution in [0.15, 0.2) is 51.4 Å². The molecule has 0 aliphatic carbocycles. The van der Waals surface area contributed by atoms with Crippen LogP contribution in [-0.2, 0) is 20.8 Å². The summed E-state index contributed by atoms with van der Waals surface area (Å²) in [6.45, 7) is 1.80. The van der Waals surface area contributed by atoms with Crippen molar-refractivity contribution < 1.29 is 14.4 Å². The minimum Gasteiger partial charge on any atom is -0.211 e. The molecule has 0 amide bonds. The van der Waals surface area contributed by atoms with Crippen molar-refractivity contribution in [3.63, 3.8) is 0 Å². The number of aryl methyl sites for hydroxylation is 1. The molecular formula is C17H11N3O3. The SMILES string of the molecule is Cc1cc(Cc2ccc(N=C=O)cc2)c(N=C=O)cc1N=C=O. The first kappa shape index (κ1) is 16.0. The van der Waals surface area contributed by atoms with Crippen molar-refractivity contribution in [2.75, 3.05) is 0 Å². The Bertz CT molecular complexity index is 869. The highest BCUT2D eigenvalue weighted by Crippen LogP contribution is 2.30. The van der Waals surface area contributed by atoms with Crippen LogP contribution in [0.3, 0.4) is 0 Å². The van der Waals surface area contributed by atoms with Crippen molar-refractivity contribution in [3.05, 3.63) is 53.1 Å². The highest BCUT2D eigenvalue weighted by atomic mass is 16.1. The molecule has 0 radical (unpaired) electrons. The lowest BCUT2D eigenvalue weighted by molar-refractivity contribution is 0.564. The van der Waals surface area contributed by atoms with Crippen LogP contribution < -0.4 is 0 Å². The number of nitrogens with zero attached hydrogens (tertiary/aromatic N) is 3. The molecule has 2 aromatic carbocycles. The van der Waals surface area contributed by atoms with Gasteiger partial charge in [0.25, 0.3) is 0 Å². The topological polar surface area (TPSA) is 88.3 Å². The fraction of sp³-hybridized carbons (Fsp3) is 0.118. The summed E-state index contributed by atoms with van der Waals surface area (Å²) in [4.78, 5) is 42.0. The second-order valence-corrected chi connectivity index (χ2v) is 4.72. The number of aliphatic imine (C=N–C) groups is 3. The lowest BCUT2D eigenvalue weighted by atomic mass is 10.00. The molecule has 2 rings (SSSR count). The third kappa shape index (κ3) is 4.03. The van der Waals surface area contributed by atoms with E-state index in [9.17, 15) is 14.4 Å². The molecule has 0 aliphatic rings. The molecule has 0 spiro atoms. The van der Waals surface area contributed by atoms with Gasteiger partial charge in [0.15, 0.2) is 0 Å². The van der Waals surface area contributed by atoms with Gasteiger partial charge in [-0.3, -0.25) is 0 Å². The Morgan fingerprint density at radius 1 is 0.826 bits per heavy atom. The normalized spacial score (nSPS) is 9.26. The number of benzene rings is 2. The maximum atomic E-state index is 10.6. The van der Waals surface area contributed by atoms with Crippen LogP contribution in [-0.4, -0.2) is 18.2 Å². The summed E-state index contributed by atoms with van der Waals surface area (Å²) in [6.07, 6.45) is 4.97. The predicted molar refractivity (Wildman–Crippen MR) is 83.8 cm³/mol. The van der Waals surface area contributed by atoms with Gasteiger partial charge in [-0.05, 0) is 48.2 Å². The van der Waals surface area contributed by atoms with E-state index < -0.39 is 0 Å². The predicted octanol–water partition coefficient (Wildman–Crippen LogP) is 3.49. The van der Waals surface area contributed by atoms with Gasteiger partial charge in [-0.15, -0.1) is 0 Å². The van der Waals surface area contributed by atoms with Crippen LogP contribution in [0, 0.1) is 6.92 Å². The second-order valence-electron chi connectivity index (χ2n) is 4.72. The Hall–Kier alpha value is -3.42. The van der Waals surface area contributed by atoms with Gasteiger partial charge in [-0.2, -0.15) is 15.0 Å². The lowest BCUT2D eigenvalue weighted by Gasteiger charge is -2.08. The molecule has 0 saturated carbocycles. The molecule has 6 heteroatoms. The van der Waals surface area contributed by atoms with E-state index in [4.69, 9.17) is 0 Å². The average molecular weight is 305 g/mol. The standard InChI is InChI=1S/C17H11N3O3/c1-12-6-14(17(20-11-23)8-16(12)19-10-22)7-13-2-4-15(5-3-13)18-9-21/h2-6,8H,7H2,1H3. The van der Waals surface area contributed by atoms with Crippen LogP contribution in [0.4, 0.5) is 17.1 Å². The van der Waals surface area contributed by atoms with Gasteiger partial charge in [-0.1, -0.05) is 18.2 Å². The Kier molecular flexibility index (Phi) is 5.24. The fourth-order valence-electron chi connectivity index (χ4n) is 2.17. The molecule has 112 valence electrons. The third-order valence-electron chi connectivity index (χ3n) is 3.24. The van der Waals surface area contributed by atoms with E-state index in [1.165, 1.54) is 18.2 Å². The van der Waals surface area contributed by atoms with Crippen molar-refractivity contribution in [2.45, 2.75) is 13.3 Å². The molecule has 0 fully saturated rings. The molecule has 6 nitrogen and oxygen atoms in total. The summed E-state index contributed by atoms with van der Waals surface area (Å²) in [7, 11) is 0. The van der Waals surface area contributed by atoms with Gasteiger partial charge in [0.2, 0.25) is 18.2 Å². The molecule has 2 aromatic rings. The van der Waals surface area contributed by atoms with Gasteiger partial charge < -0.3 is 0 Å². The van der Waals surface area contributed by atoms with Crippen LogP contribution >= 0.6 is 0 Å². The van der Waals surface area contributed by atoms with E-state index in [-0.39, 0.29) is 0 Å². The van der Waals surface area contributed by atoms with E-state index in [2.05, 4.69) is 15.0 Å². The number of carbonyl (C=O) groups excluding carboxylic acids is 3. The van der Waals surface area contributed by atoms with Gasteiger partial charge in [0.1, 0.15) is 0 Å². The van der Waals surface area contributed by atoms with Gasteiger partial charge in [0, 0.05) is 0 Å². The van der Waals surface area contributed by atoms with E-state index in [0.717, 1.165) is 16.7 Å². The lowest BCUT2D eigenvalue weighted by Crippen LogP contribution is -1.90. The molecule has 0 saturated heterocycles. The second kappa shape index (κ2) is 7.55. The van der Waals surface area contributed by atoms with E-state index >= 15 is 0 Å². The molecule has 23 heavy (non-hydrogen) atoms. The highest BCUT2D eigenvalue weighted by molar-refractivity contribution is 5.66. The number of rotatable bonds is 5. The number of hydrogen-bond donors (Lipinski definition) is 0. The van der Waals surface area contributed by atoms with Crippen LogP contribution in [0.25, 0.3) is 0 Å². The first-order chi connectivity index (χ1) is 11.2. The van der Waals surface area contributed by atoms with E-state index in [1.54, 1.807) is 25.1 Å². The monoisotopic (exact) mass is 305 g/mol. The smallest absolute Gasteiger partial charge is 0.211 e. The molecule has 0 N–H and O–H groups in total. The summed E-state index contributed by atoms with van der Waals surface area (Å²) in [5, 5.41) is 0. The van der Waals surface area contributed by atoms with Crippen LogP contribution in [0.1, 0.15) is 16.7 Å². The zero-order valence-corrected chi connectivity index (χ0v) is 12.2. The minimum absolute atomic E-state index is 0.398. The van der Waals surface area contributed by atoms with Crippen molar-refractivity contribution in [3.8, 4) is 0 Å². The summed E-state index contributed by atoms with van der Waals surface area (Å²) in [5.74, 6) is 0. The molecule has 0 heterocycles. The first-order valence-corrected chi connectivity index (χ1v) is 6.64. The highest BCUT2D eigenvalue weighted by Gasteiger charge is 2.08. The van der Waals surface area contributed by atoms with Crippen molar-refractivity contribution in [1.29, 1.82) is 0 Å². The Morgan fingerprint density at radius 2 is 1.43 bits per heavy atom. The van der Waals surface area contributed by atoms with Gasteiger partial charge in [-0.25, -0.2) is 14.4 Å². The summed E-state index contributed by atoms with van der Waals surface area (Å²) in [5.41, 5.74) is 3.84. The van der Waals surface area contributed by atoms with Crippen LogP contribution in [0.5, 0.6) is 0 Å². The molecule has 0 aromatic heterocycles. The fourth-order valence-corrected chi connectivity index (χ4v) is 2.17. The summed E-state index contributed by atoms with van der Waals surface area (Å²) in [6, 6.07) is 10.4. The number of hydrogen-bond acceptors (Lipinski definition) is 6. The zero-order valence-electron chi connectivity index (χ0n) is 12.2. The van der Waals surface area contributed by atoms with Crippen molar-refractivity contribution >= 4 is 35.3 Å².